The van der Waals surface area contributed by atoms with E-state index in [1.54, 1.807) is 42.5 Å². The van der Waals surface area contributed by atoms with E-state index >= 15 is 0 Å². The van der Waals surface area contributed by atoms with Crippen LogP contribution in [0.25, 0.3) is 22.3 Å². The second-order valence-corrected chi connectivity index (χ2v) is 7.84. The SMILES string of the molecule is CCOc1cc(-c2ccc(O)cc2)c(OCC)c(O)c1-c1ccc(OCc2ccccc2)c(O)c1. The summed E-state index contributed by atoms with van der Waals surface area (Å²) < 4.78 is 17.5. The molecule has 4 aromatic rings. The fraction of sp³-hybridized carbons (Fsp3) is 0.172. The molecule has 0 fully saturated rings. The molecule has 4 aromatic carbocycles. The topological polar surface area (TPSA) is 88.4 Å². The molecule has 0 radical (unpaired) electrons. The van der Waals surface area contributed by atoms with E-state index in [1.165, 1.54) is 6.07 Å². The van der Waals surface area contributed by atoms with Crippen LogP contribution in [-0.2, 0) is 6.61 Å². The Morgan fingerprint density at radius 3 is 2.00 bits per heavy atom. The van der Waals surface area contributed by atoms with Crippen molar-refractivity contribution in [2.24, 2.45) is 0 Å². The number of ether oxygens (including phenoxy) is 3. The molecule has 0 bridgehead atoms. The zero-order chi connectivity index (χ0) is 24.8. The van der Waals surface area contributed by atoms with Crippen molar-refractivity contribution in [1.29, 1.82) is 0 Å². The van der Waals surface area contributed by atoms with Gasteiger partial charge in [0.15, 0.2) is 23.0 Å². The summed E-state index contributed by atoms with van der Waals surface area (Å²) in [5.74, 6) is 1.05. The summed E-state index contributed by atoms with van der Waals surface area (Å²) in [7, 11) is 0. The standard InChI is InChI=1S/C29H28O6/c1-3-33-26-17-23(20-10-13-22(30)14-11-20)29(34-4-2)28(32)27(26)21-12-15-25(24(31)16-21)35-18-19-8-6-5-7-9-19/h5-17,30-32H,3-4,18H2,1-2H3. The minimum atomic E-state index is -0.0989. The van der Waals surface area contributed by atoms with E-state index in [2.05, 4.69) is 0 Å². The Bertz CT molecular complexity index is 1280. The average molecular weight is 473 g/mol. The molecule has 3 N–H and O–H groups in total. The molecule has 0 saturated carbocycles. The van der Waals surface area contributed by atoms with Crippen molar-refractivity contribution in [3.63, 3.8) is 0 Å². The molecule has 0 amide bonds. The molecule has 0 spiro atoms. The lowest BCUT2D eigenvalue weighted by atomic mass is 9.96. The second kappa shape index (κ2) is 10.7. The van der Waals surface area contributed by atoms with Crippen LogP contribution in [0.1, 0.15) is 19.4 Å². The van der Waals surface area contributed by atoms with Crippen LogP contribution in [0.3, 0.4) is 0 Å². The van der Waals surface area contributed by atoms with E-state index in [1.807, 2.05) is 44.2 Å². The maximum absolute atomic E-state index is 11.3. The number of aromatic hydroxyl groups is 3. The van der Waals surface area contributed by atoms with E-state index in [0.29, 0.717) is 53.8 Å². The number of phenolic OH excluding ortho intramolecular Hbond substituents is 3. The minimum Gasteiger partial charge on any atom is -0.508 e. The summed E-state index contributed by atoms with van der Waals surface area (Å²) in [5, 5.41) is 31.7. The van der Waals surface area contributed by atoms with Crippen molar-refractivity contribution in [3.8, 4) is 56.8 Å². The number of hydrogen-bond donors (Lipinski definition) is 3. The molecular weight excluding hydrogens is 444 g/mol. The molecule has 0 aromatic heterocycles. The van der Waals surface area contributed by atoms with Gasteiger partial charge in [-0.1, -0.05) is 48.5 Å². The van der Waals surface area contributed by atoms with Gasteiger partial charge < -0.3 is 29.5 Å². The van der Waals surface area contributed by atoms with Crippen LogP contribution < -0.4 is 14.2 Å². The fourth-order valence-electron chi connectivity index (χ4n) is 3.85. The van der Waals surface area contributed by atoms with E-state index in [0.717, 1.165) is 11.1 Å². The van der Waals surface area contributed by atoms with Crippen molar-refractivity contribution >= 4 is 0 Å². The van der Waals surface area contributed by atoms with E-state index in [-0.39, 0.29) is 17.2 Å². The zero-order valence-corrected chi connectivity index (χ0v) is 19.7. The number of phenols is 3. The van der Waals surface area contributed by atoms with Crippen molar-refractivity contribution in [2.75, 3.05) is 13.2 Å². The van der Waals surface area contributed by atoms with Crippen molar-refractivity contribution in [2.45, 2.75) is 20.5 Å². The van der Waals surface area contributed by atoms with E-state index in [9.17, 15) is 15.3 Å². The summed E-state index contributed by atoms with van der Waals surface area (Å²) in [6.07, 6.45) is 0. The van der Waals surface area contributed by atoms with Crippen molar-refractivity contribution in [1.82, 2.24) is 0 Å². The molecule has 180 valence electrons. The Morgan fingerprint density at radius 1 is 0.657 bits per heavy atom. The van der Waals surface area contributed by atoms with Gasteiger partial charge in [-0.15, -0.1) is 0 Å². The van der Waals surface area contributed by atoms with Crippen LogP contribution in [0.4, 0.5) is 0 Å². The van der Waals surface area contributed by atoms with Crippen LogP contribution in [0.15, 0.2) is 78.9 Å². The van der Waals surface area contributed by atoms with Gasteiger partial charge in [0.2, 0.25) is 0 Å². The van der Waals surface area contributed by atoms with Gasteiger partial charge in [0.1, 0.15) is 18.1 Å². The molecule has 6 nitrogen and oxygen atoms in total. The highest BCUT2D eigenvalue weighted by Gasteiger charge is 2.23. The Kier molecular flexibility index (Phi) is 7.31. The van der Waals surface area contributed by atoms with Crippen molar-refractivity contribution in [3.05, 3.63) is 84.4 Å². The van der Waals surface area contributed by atoms with E-state index < -0.39 is 0 Å². The average Bonchev–Trinajstić information content (AvgIpc) is 2.86. The molecular formula is C29H28O6. The predicted molar refractivity (Wildman–Crippen MR) is 135 cm³/mol. The Hall–Kier alpha value is -4.32. The molecule has 4 rings (SSSR count). The third kappa shape index (κ3) is 5.27. The molecule has 6 heteroatoms. The highest BCUT2D eigenvalue weighted by atomic mass is 16.5. The first-order chi connectivity index (χ1) is 17.0. The highest BCUT2D eigenvalue weighted by Crippen LogP contribution is 2.50. The number of benzene rings is 4. The summed E-state index contributed by atoms with van der Waals surface area (Å²) in [6.45, 7) is 4.72. The molecule has 0 aliphatic heterocycles. The lowest BCUT2D eigenvalue weighted by Crippen LogP contribution is -2.00. The third-order valence-corrected chi connectivity index (χ3v) is 5.47. The number of hydrogen-bond acceptors (Lipinski definition) is 6. The smallest absolute Gasteiger partial charge is 0.170 e. The summed E-state index contributed by atoms with van der Waals surface area (Å²) in [5.41, 5.74) is 3.32. The molecule has 0 atom stereocenters. The Morgan fingerprint density at radius 2 is 1.34 bits per heavy atom. The molecule has 35 heavy (non-hydrogen) atoms. The molecule has 0 aliphatic rings. The van der Waals surface area contributed by atoms with Crippen molar-refractivity contribution < 1.29 is 29.5 Å². The predicted octanol–water partition coefficient (Wildman–Crippen LogP) is 6.51. The van der Waals surface area contributed by atoms with Gasteiger partial charge in [-0.25, -0.2) is 0 Å². The van der Waals surface area contributed by atoms with Gasteiger partial charge in [-0.05, 0) is 60.9 Å². The largest absolute Gasteiger partial charge is 0.508 e. The van der Waals surface area contributed by atoms with Gasteiger partial charge in [-0.3, -0.25) is 0 Å². The normalized spacial score (nSPS) is 10.7. The maximum Gasteiger partial charge on any atom is 0.170 e. The van der Waals surface area contributed by atoms with Crippen LogP contribution in [0.5, 0.6) is 34.5 Å². The van der Waals surface area contributed by atoms with Crippen LogP contribution in [-0.4, -0.2) is 28.5 Å². The summed E-state index contributed by atoms with van der Waals surface area (Å²) >= 11 is 0. The van der Waals surface area contributed by atoms with Gasteiger partial charge in [0, 0.05) is 5.56 Å². The Balaban J connectivity index is 1.76. The van der Waals surface area contributed by atoms with Gasteiger partial charge in [0.05, 0.1) is 18.8 Å². The second-order valence-electron chi connectivity index (χ2n) is 7.84. The molecule has 0 saturated heterocycles. The van der Waals surface area contributed by atoms with Gasteiger partial charge >= 0.3 is 0 Å². The maximum atomic E-state index is 11.3. The minimum absolute atomic E-state index is 0.0548. The zero-order valence-electron chi connectivity index (χ0n) is 19.7. The Labute approximate surface area is 204 Å². The van der Waals surface area contributed by atoms with Crippen LogP contribution in [0, 0.1) is 0 Å². The molecule has 0 aliphatic carbocycles. The number of rotatable bonds is 9. The van der Waals surface area contributed by atoms with Gasteiger partial charge in [0.25, 0.3) is 0 Å². The molecule has 0 unspecified atom stereocenters. The first kappa shape index (κ1) is 23.8. The third-order valence-electron chi connectivity index (χ3n) is 5.47. The first-order valence-electron chi connectivity index (χ1n) is 11.5. The van der Waals surface area contributed by atoms with Gasteiger partial charge in [-0.2, -0.15) is 0 Å². The molecule has 0 heterocycles. The summed E-state index contributed by atoms with van der Waals surface area (Å²) in [4.78, 5) is 0. The quantitative estimate of drug-likeness (QED) is 0.257. The fourth-order valence-corrected chi connectivity index (χ4v) is 3.85. The lowest BCUT2D eigenvalue weighted by molar-refractivity contribution is 0.289. The highest BCUT2D eigenvalue weighted by molar-refractivity contribution is 5.88. The lowest BCUT2D eigenvalue weighted by Gasteiger charge is -2.20. The monoisotopic (exact) mass is 472 g/mol. The first-order valence-corrected chi connectivity index (χ1v) is 11.5. The van der Waals surface area contributed by atoms with E-state index in [4.69, 9.17) is 14.2 Å². The van der Waals surface area contributed by atoms with Crippen LogP contribution in [0.2, 0.25) is 0 Å². The van der Waals surface area contributed by atoms with Crippen LogP contribution >= 0.6 is 0 Å². The summed E-state index contributed by atoms with van der Waals surface area (Å²) in [6, 6.07) is 23.1.